The van der Waals surface area contributed by atoms with Crippen LogP contribution in [0.3, 0.4) is 0 Å². The summed E-state index contributed by atoms with van der Waals surface area (Å²) < 4.78 is 6.71. The van der Waals surface area contributed by atoms with Crippen LogP contribution in [0.4, 0.5) is 11.9 Å². The number of hydrogen-bond donors (Lipinski definition) is 2. The van der Waals surface area contributed by atoms with E-state index in [2.05, 4.69) is 30.4 Å². The van der Waals surface area contributed by atoms with Gasteiger partial charge >= 0.3 is 0 Å². The fourth-order valence-electron chi connectivity index (χ4n) is 1.66. The minimum atomic E-state index is -0.101. The van der Waals surface area contributed by atoms with Crippen molar-refractivity contribution in [1.82, 2.24) is 29.7 Å². The van der Waals surface area contributed by atoms with Gasteiger partial charge in [-0.15, -0.1) is 0 Å². The zero-order chi connectivity index (χ0) is 13.9. The Morgan fingerprint density at radius 1 is 1.35 bits per heavy atom. The van der Waals surface area contributed by atoms with E-state index in [-0.39, 0.29) is 12.0 Å². The van der Waals surface area contributed by atoms with Crippen LogP contribution in [0.2, 0.25) is 0 Å². The van der Waals surface area contributed by atoms with Gasteiger partial charge in [-0.3, -0.25) is 0 Å². The number of nitrogens with one attached hydrogen (secondary N) is 1. The molecule has 20 heavy (non-hydrogen) atoms. The lowest BCUT2D eigenvalue weighted by Gasteiger charge is -2.11. The van der Waals surface area contributed by atoms with Crippen LogP contribution in [0.25, 0.3) is 5.95 Å². The summed E-state index contributed by atoms with van der Waals surface area (Å²) in [5.74, 6) is 1.50. The first-order valence-corrected chi connectivity index (χ1v) is 5.89. The third-order valence-electron chi connectivity index (χ3n) is 2.58. The molecule has 3 aromatic rings. The number of nitrogens with zero attached hydrogens (tertiary/aromatic N) is 6. The maximum atomic E-state index is 5.67. The van der Waals surface area contributed by atoms with E-state index >= 15 is 0 Å². The van der Waals surface area contributed by atoms with Crippen LogP contribution in [0.15, 0.2) is 35.5 Å². The molecule has 3 heterocycles. The van der Waals surface area contributed by atoms with E-state index in [1.807, 2.05) is 19.1 Å². The number of hydrogen-bond acceptors (Lipinski definition) is 8. The standard InChI is InChI=1S/C11H12N8O/c1-7(8-3-2-4-20-8)15-10-16-9(12)17-11(18-10)19-6-13-5-14-19/h2-7H,1H3,(H3,12,15,16,17,18). The molecule has 0 aliphatic rings. The van der Waals surface area contributed by atoms with Gasteiger partial charge in [0, 0.05) is 0 Å². The second-order valence-corrected chi connectivity index (χ2v) is 4.04. The average molecular weight is 272 g/mol. The van der Waals surface area contributed by atoms with E-state index < -0.39 is 0 Å². The molecule has 3 N–H and O–H groups in total. The third kappa shape index (κ3) is 2.41. The topological polar surface area (TPSA) is 121 Å². The van der Waals surface area contributed by atoms with E-state index in [1.54, 1.807) is 6.26 Å². The predicted octanol–water partition coefficient (Wildman–Crippen LogP) is 0.801. The Balaban J connectivity index is 1.87. The van der Waals surface area contributed by atoms with Crippen molar-refractivity contribution < 1.29 is 4.42 Å². The van der Waals surface area contributed by atoms with Crippen LogP contribution in [0.5, 0.6) is 0 Å². The molecule has 0 amide bonds. The Labute approximate surface area is 113 Å². The first kappa shape index (κ1) is 12.1. The largest absolute Gasteiger partial charge is 0.467 e. The van der Waals surface area contributed by atoms with Crippen LogP contribution in [0.1, 0.15) is 18.7 Å². The van der Waals surface area contributed by atoms with Crippen LogP contribution < -0.4 is 11.1 Å². The molecule has 9 heteroatoms. The monoisotopic (exact) mass is 272 g/mol. The van der Waals surface area contributed by atoms with Crippen LogP contribution in [0, 0.1) is 0 Å². The minimum absolute atomic E-state index is 0.0969. The van der Waals surface area contributed by atoms with Gasteiger partial charge in [0.05, 0.1) is 12.3 Å². The molecule has 0 radical (unpaired) electrons. The molecule has 0 aromatic carbocycles. The van der Waals surface area contributed by atoms with Crippen molar-refractivity contribution >= 4 is 11.9 Å². The molecular weight excluding hydrogens is 260 g/mol. The Bertz CT molecular complexity index is 679. The summed E-state index contributed by atoms with van der Waals surface area (Å²) in [4.78, 5) is 16.1. The normalized spacial score (nSPS) is 12.2. The van der Waals surface area contributed by atoms with Gasteiger partial charge in [0.25, 0.3) is 5.95 Å². The molecule has 0 bridgehead atoms. The van der Waals surface area contributed by atoms with E-state index in [9.17, 15) is 0 Å². The molecule has 102 valence electrons. The van der Waals surface area contributed by atoms with Crippen molar-refractivity contribution in [2.24, 2.45) is 0 Å². The molecule has 0 fully saturated rings. The summed E-state index contributed by atoms with van der Waals surface area (Å²) in [7, 11) is 0. The van der Waals surface area contributed by atoms with Crippen molar-refractivity contribution in [2.45, 2.75) is 13.0 Å². The summed E-state index contributed by atoms with van der Waals surface area (Å²) in [6, 6.07) is 3.58. The van der Waals surface area contributed by atoms with E-state index in [0.717, 1.165) is 5.76 Å². The minimum Gasteiger partial charge on any atom is -0.467 e. The molecule has 0 spiro atoms. The fourth-order valence-corrected chi connectivity index (χ4v) is 1.66. The molecule has 1 unspecified atom stereocenters. The van der Waals surface area contributed by atoms with Crippen molar-refractivity contribution in [3.63, 3.8) is 0 Å². The highest BCUT2D eigenvalue weighted by molar-refractivity contribution is 5.36. The first-order chi connectivity index (χ1) is 9.72. The molecule has 0 aliphatic heterocycles. The zero-order valence-electron chi connectivity index (χ0n) is 10.6. The number of rotatable bonds is 4. The zero-order valence-corrected chi connectivity index (χ0v) is 10.6. The van der Waals surface area contributed by atoms with Gasteiger partial charge in [-0.25, -0.2) is 4.98 Å². The van der Waals surface area contributed by atoms with Gasteiger partial charge in [-0.2, -0.15) is 24.7 Å². The molecule has 0 saturated carbocycles. The first-order valence-electron chi connectivity index (χ1n) is 5.89. The molecule has 0 aliphatic carbocycles. The van der Waals surface area contributed by atoms with E-state index in [1.165, 1.54) is 17.3 Å². The summed E-state index contributed by atoms with van der Waals surface area (Å²) >= 11 is 0. The number of nitrogens with two attached hydrogens (primary N) is 1. The average Bonchev–Trinajstić information content (AvgIpc) is 3.12. The second-order valence-electron chi connectivity index (χ2n) is 4.04. The Morgan fingerprint density at radius 3 is 2.95 bits per heavy atom. The molecule has 3 rings (SSSR count). The number of aromatic nitrogens is 6. The van der Waals surface area contributed by atoms with E-state index in [0.29, 0.717) is 11.9 Å². The van der Waals surface area contributed by atoms with Crippen molar-refractivity contribution in [1.29, 1.82) is 0 Å². The maximum absolute atomic E-state index is 5.67. The highest BCUT2D eigenvalue weighted by atomic mass is 16.3. The Hall–Kier alpha value is -2.97. The summed E-state index contributed by atoms with van der Waals surface area (Å²) in [6.45, 7) is 1.92. The number of furan rings is 1. The van der Waals surface area contributed by atoms with Gasteiger partial charge in [-0.1, -0.05) is 0 Å². The van der Waals surface area contributed by atoms with Gasteiger partial charge < -0.3 is 15.5 Å². The lowest BCUT2D eigenvalue weighted by Crippen LogP contribution is -2.13. The van der Waals surface area contributed by atoms with Crippen LogP contribution >= 0.6 is 0 Å². The molecular formula is C11H12N8O. The Kier molecular flexibility index (Phi) is 2.99. The SMILES string of the molecule is CC(Nc1nc(N)nc(-n2cncn2)n1)c1ccco1. The van der Waals surface area contributed by atoms with Crippen molar-refractivity contribution in [2.75, 3.05) is 11.1 Å². The summed E-state index contributed by atoms with van der Waals surface area (Å²) in [5, 5.41) is 7.04. The quantitative estimate of drug-likeness (QED) is 0.715. The Morgan fingerprint density at radius 2 is 2.25 bits per heavy atom. The molecule has 3 aromatic heterocycles. The second kappa shape index (κ2) is 4.96. The van der Waals surface area contributed by atoms with Gasteiger partial charge in [0.2, 0.25) is 11.9 Å². The number of anilines is 2. The van der Waals surface area contributed by atoms with Crippen molar-refractivity contribution in [3.8, 4) is 5.95 Å². The van der Waals surface area contributed by atoms with Crippen LogP contribution in [-0.2, 0) is 0 Å². The van der Waals surface area contributed by atoms with E-state index in [4.69, 9.17) is 10.2 Å². The van der Waals surface area contributed by atoms with Gasteiger partial charge in [0.1, 0.15) is 18.4 Å². The summed E-state index contributed by atoms with van der Waals surface area (Å²) in [6.07, 6.45) is 4.48. The van der Waals surface area contributed by atoms with Crippen molar-refractivity contribution in [3.05, 3.63) is 36.8 Å². The lowest BCUT2D eigenvalue weighted by atomic mass is 10.2. The van der Waals surface area contributed by atoms with Gasteiger partial charge in [-0.05, 0) is 19.1 Å². The predicted molar refractivity (Wildman–Crippen MR) is 69.9 cm³/mol. The van der Waals surface area contributed by atoms with Gasteiger partial charge in [0.15, 0.2) is 0 Å². The molecule has 1 atom stereocenters. The maximum Gasteiger partial charge on any atom is 0.258 e. The number of nitrogen functional groups attached to an aromatic ring is 1. The smallest absolute Gasteiger partial charge is 0.258 e. The lowest BCUT2D eigenvalue weighted by molar-refractivity contribution is 0.489. The van der Waals surface area contributed by atoms with Crippen LogP contribution in [-0.4, -0.2) is 29.7 Å². The fraction of sp³-hybridized carbons (Fsp3) is 0.182. The summed E-state index contributed by atoms with van der Waals surface area (Å²) in [5.41, 5.74) is 5.67. The highest BCUT2D eigenvalue weighted by Crippen LogP contribution is 2.17. The molecule has 9 nitrogen and oxygen atoms in total. The molecule has 0 saturated heterocycles. The third-order valence-corrected chi connectivity index (χ3v) is 2.58. The highest BCUT2D eigenvalue weighted by Gasteiger charge is 2.12.